The summed E-state index contributed by atoms with van der Waals surface area (Å²) in [4.78, 5) is 17.3. The van der Waals surface area contributed by atoms with E-state index in [1.54, 1.807) is 0 Å². The maximum Gasteiger partial charge on any atom is 0.259 e. The number of benzene rings is 2. The Morgan fingerprint density at radius 3 is 2.23 bits per heavy atom. The van der Waals surface area contributed by atoms with Crippen molar-refractivity contribution in [3.05, 3.63) is 66.2 Å². The zero-order valence-electron chi connectivity index (χ0n) is 14.9. The van der Waals surface area contributed by atoms with E-state index in [2.05, 4.69) is 35.2 Å². The van der Waals surface area contributed by atoms with Crippen molar-refractivity contribution in [1.29, 1.82) is 0 Å². The molecule has 0 radical (unpaired) electrons. The van der Waals surface area contributed by atoms with E-state index in [1.165, 1.54) is 5.56 Å². The molecule has 1 aliphatic carbocycles. The fourth-order valence-corrected chi connectivity index (χ4v) is 4.22. The molecule has 0 aromatic heterocycles. The molecule has 1 spiro atoms. The average Bonchev–Trinajstić information content (AvgIpc) is 3.42. The third-order valence-electron chi connectivity index (χ3n) is 5.91. The SMILES string of the molecule is O=C1N(c2ccccc2)C[C@@H](C2CN(Cc3ccccc3)C2)OC12CC2. The summed E-state index contributed by atoms with van der Waals surface area (Å²) in [5.41, 5.74) is 1.83. The zero-order valence-corrected chi connectivity index (χ0v) is 14.9. The first kappa shape index (κ1) is 16.0. The average molecular weight is 348 g/mol. The zero-order chi connectivity index (χ0) is 17.6. The van der Waals surface area contributed by atoms with Gasteiger partial charge in [-0.3, -0.25) is 9.69 Å². The molecule has 26 heavy (non-hydrogen) atoms. The number of likely N-dealkylation sites (tertiary alicyclic amines) is 1. The van der Waals surface area contributed by atoms with E-state index in [0.717, 1.165) is 38.2 Å². The Labute approximate surface area is 154 Å². The molecule has 0 unspecified atom stereocenters. The largest absolute Gasteiger partial charge is 0.360 e. The second kappa shape index (κ2) is 6.22. The summed E-state index contributed by atoms with van der Waals surface area (Å²) in [6.45, 7) is 3.77. The maximum atomic E-state index is 12.9. The van der Waals surface area contributed by atoms with Gasteiger partial charge in [-0.25, -0.2) is 0 Å². The van der Waals surface area contributed by atoms with Crippen LogP contribution in [0, 0.1) is 5.92 Å². The highest BCUT2D eigenvalue weighted by atomic mass is 16.5. The van der Waals surface area contributed by atoms with Crippen LogP contribution in [0.1, 0.15) is 18.4 Å². The van der Waals surface area contributed by atoms with Crippen molar-refractivity contribution >= 4 is 11.6 Å². The number of rotatable bonds is 4. The molecule has 1 amide bonds. The van der Waals surface area contributed by atoms with Gasteiger partial charge in [0.1, 0.15) is 5.60 Å². The van der Waals surface area contributed by atoms with Crippen molar-refractivity contribution in [2.75, 3.05) is 24.5 Å². The Kier molecular flexibility index (Phi) is 3.84. The maximum absolute atomic E-state index is 12.9. The molecule has 5 rings (SSSR count). The molecule has 0 bridgehead atoms. The fourth-order valence-electron chi connectivity index (χ4n) is 4.22. The van der Waals surface area contributed by atoms with Gasteiger partial charge in [-0.05, 0) is 30.5 Å². The lowest BCUT2D eigenvalue weighted by Gasteiger charge is -2.48. The van der Waals surface area contributed by atoms with Crippen molar-refractivity contribution < 1.29 is 9.53 Å². The number of anilines is 1. The minimum Gasteiger partial charge on any atom is -0.360 e. The predicted octanol–water partition coefficient (Wildman–Crippen LogP) is 3.08. The van der Waals surface area contributed by atoms with E-state index in [9.17, 15) is 4.79 Å². The van der Waals surface area contributed by atoms with Gasteiger partial charge in [0.05, 0.1) is 12.6 Å². The van der Waals surface area contributed by atoms with E-state index < -0.39 is 5.60 Å². The number of nitrogens with zero attached hydrogens (tertiary/aromatic N) is 2. The van der Waals surface area contributed by atoms with Crippen LogP contribution in [0.2, 0.25) is 0 Å². The Morgan fingerprint density at radius 2 is 1.58 bits per heavy atom. The molecule has 1 saturated carbocycles. The highest BCUT2D eigenvalue weighted by Crippen LogP contribution is 2.47. The molecule has 0 N–H and O–H groups in total. The van der Waals surface area contributed by atoms with E-state index in [0.29, 0.717) is 12.5 Å². The first-order chi connectivity index (χ1) is 12.7. The summed E-state index contributed by atoms with van der Waals surface area (Å²) >= 11 is 0. The molecule has 2 aromatic carbocycles. The molecule has 4 heteroatoms. The lowest BCUT2D eigenvalue weighted by molar-refractivity contribution is -0.154. The predicted molar refractivity (Wildman–Crippen MR) is 101 cm³/mol. The van der Waals surface area contributed by atoms with E-state index >= 15 is 0 Å². The number of amides is 1. The molecular formula is C22H24N2O2. The van der Waals surface area contributed by atoms with Gasteiger partial charge in [-0.15, -0.1) is 0 Å². The molecule has 2 aliphatic heterocycles. The molecule has 2 heterocycles. The highest BCUT2D eigenvalue weighted by Gasteiger charge is 2.59. The first-order valence-electron chi connectivity index (χ1n) is 9.55. The van der Waals surface area contributed by atoms with E-state index in [1.807, 2.05) is 35.2 Å². The van der Waals surface area contributed by atoms with Gasteiger partial charge in [-0.1, -0.05) is 48.5 Å². The number of carbonyl (C=O) groups excluding carboxylic acids is 1. The lowest BCUT2D eigenvalue weighted by atomic mass is 9.90. The summed E-state index contributed by atoms with van der Waals surface area (Å²) in [6.07, 6.45) is 1.88. The van der Waals surface area contributed by atoms with Gasteiger partial charge >= 0.3 is 0 Å². The van der Waals surface area contributed by atoms with E-state index in [-0.39, 0.29) is 12.0 Å². The van der Waals surface area contributed by atoms with Crippen LogP contribution in [-0.4, -0.2) is 42.1 Å². The van der Waals surface area contributed by atoms with Gasteiger partial charge < -0.3 is 9.64 Å². The van der Waals surface area contributed by atoms with Crippen LogP contribution < -0.4 is 4.90 Å². The normalized spacial score (nSPS) is 25.3. The van der Waals surface area contributed by atoms with Crippen molar-refractivity contribution in [1.82, 2.24) is 4.90 Å². The Balaban J connectivity index is 1.26. The van der Waals surface area contributed by atoms with Crippen LogP contribution in [-0.2, 0) is 16.1 Å². The van der Waals surface area contributed by atoms with E-state index in [4.69, 9.17) is 4.74 Å². The van der Waals surface area contributed by atoms with Gasteiger partial charge in [0.2, 0.25) is 0 Å². The fraction of sp³-hybridized carbons (Fsp3) is 0.409. The molecule has 2 aromatic rings. The molecule has 1 atom stereocenters. The number of hydrogen-bond donors (Lipinski definition) is 0. The number of carbonyl (C=O) groups is 1. The van der Waals surface area contributed by atoms with Crippen molar-refractivity contribution in [2.24, 2.45) is 5.92 Å². The quantitative estimate of drug-likeness (QED) is 0.851. The molecule has 3 aliphatic rings. The van der Waals surface area contributed by atoms with Gasteiger partial charge in [0.25, 0.3) is 5.91 Å². The molecular weight excluding hydrogens is 324 g/mol. The monoisotopic (exact) mass is 348 g/mol. The summed E-state index contributed by atoms with van der Waals surface area (Å²) in [5.74, 6) is 0.663. The summed E-state index contributed by atoms with van der Waals surface area (Å²) < 4.78 is 6.33. The minimum atomic E-state index is -0.529. The minimum absolute atomic E-state index is 0.141. The van der Waals surface area contributed by atoms with Gasteiger partial charge in [-0.2, -0.15) is 0 Å². The Bertz CT molecular complexity index is 782. The highest BCUT2D eigenvalue weighted by molar-refractivity contribution is 6.02. The van der Waals surface area contributed by atoms with Gasteiger partial charge in [0, 0.05) is 31.2 Å². The number of para-hydroxylation sites is 1. The number of ether oxygens (including phenoxy) is 1. The van der Waals surface area contributed by atoms with Crippen LogP contribution >= 0.6 is 0 Å². The number of morpholine rings is 1. The van der Waals surface area contributed by atoms with Crippen LogP contribution in [0.4, 0.5) is 5.69 Å². The van der Waals surface area contributed by atoms with Crippen molar-refractivity contribution in [3.8, 4) is 0 Å². The standard InChI is InChI=1S/C22H24N2O2/c25-21-22(11-12-22)26-20(16-24(21)19-9-5-2-6-10-19)18-14-23(15-18)13-17-7-3-1-4-8-17/h1-10,18,20H,11-16H2/t20-/m0/s1. The summed E-state index contributed by atoms with van der Waals surface area (Å²) in [5, 5.41) is 0. The second-order valence-corrected chi connectivity index (χ2v) is 7.84. The Hall–Kier alpha value is -2.17. The topological polar surface area (TPSA) is 32.8 Å². The van der Waals surface area contributed by atoms with Crippen molar-refractivity contribution in [3.63, 3.8) is 0 Å². The summed E-state index contributed by atoms with van der Waals surface area (Å²) in [6, 6.07) is 20.6. The molecule has 4 nitrogen and oxygen atoms in total. The third-order valence-corrected chi connectivity index (χ3v) is 5.91. The van der Waals surface area contributed by atoms with Crippen LogP contribution in [0.5, 0.6) is 0 Å². The molecule has 134 valence electrons. The van der Waals surface area contributed by atoms with Crippen LogP contribution in [0.15, 0.2) is 60.7 Å². The van der Waals surface area contributed by atoms with Crippen LogP contribution in [0.3, 0.4) is 0 Å². The number of hydrogen-bond acceptors (Lipinski definition) is 3. The van der Waals surface area contributed by atoms with Crippen molar-refractivity contribution in [2.45, 2.75) is 31.1 Å². The second-order valence-electron chi connectivity index (χ2n) is 7.84. The van der Waals surface area contributed by atoms with Crippen LogP contribution in [0.25, 0.3) is 0 Å². The molecule has 2 saturated heterocycles. The Morgan fingerprint density at radius 1 is 0.923 bits per heavy atom. The smallest absolute Gasteiger partial charge is 0.259 e. The lowest BCUT2D eigenvalue weighted by Crippen LogP contribution is -2.61. The molecule has 3 fully saturated rings. The van der Waals surface area contributed by atoms with Gasteiger partial charge in [0.15, 0.2) is 0 Å². The summed E-state index contributed by atoms with van der Waals surface area (Å²) in [7, 11) is 0. The third kappa shape index (κ3) is 2.83. The first-order valence-corrected chi connectivity index (χ1v) is 9.55.